The third kappa shape index (κ3) is 5.42. The van der Waals surface area contributed by atoms with Crippen LogP contribution < -0.4 is 15.5 Å². The maximum absolute atomic E-state index is 13.5. The number of nitrogens with zero attached hydrogens (tertiary/aromatic N) is 3. The van der Waals surface area contributed by atoms with Gasteiger partial charge in [-0.3, -0.25) is 14.4 Å². The number of methoxy groups -OCH3 is 1. The molecule has 0 radical (unpaired) electrons. The zero-order valence-corrected chi connectivity index (χ0v) is 18.5. The Labute approximate surface area is 192 Å². The Hall–Kier alpha value is -4.15. The summed E-state index contributed by atoms with van der Waals surface area (Å²) in [6.07, 6.45) is -4.67. The van der Waals surface area contributed by atoms with E-state index in [2.05, 4.69) is 10.4 Å². The Morgan fingerprint density at radius 3 is 2.50 bits per heavy atom. The molecule has 0 aliphatic heterocycles. The van der Waals surface area contributed by atoms with Crippen LogP contribution in [-0.2, 0) is 11.0 Å². The van der Waals surface area contributed by atoms with Gasteiger partial charge in [-0.1, -0.05) is 18.2 Å². The van der Waals surface area contributed by atoms with Crippen molar-refractivity contribution < 1.29 is 27.5 Å². The first kappa shape index (κ1) is 24.5. The second-order valence-corrected chi connectivity index (χ2v) is 7.37. The van der Waals surface area contributed by atoms with Crippen LogP contribution in [0.25, 0.3) is 5.69 Å². The molecule has 34 heavy (non-hydrogen) atoms. The van der Waals surface area contributed by atoms with Crippen LogP contribution in [0.15, 0.2) is 59.4 Å². The Morgan fingerprint density at radius 1 is 1.12 bits per heavy atom. The monoisotopic (exact) mass is 474 g/mol. The van der Waals surface area contributed by atoms with E-state index < -0.39 is 41.2 Å². The van der Waals surface area contributed by atoms with E-state index in [1.54, 1.807) is 24.3 Å². The van der Waals surface area contributed by atoms with E-state index in [1.165, 1.54) is 39.3 Å². The lowest BCUT2D eigenvalue weighted by Gasteiger charge is -2.19. The van der Waals surface area contributed by atoms with Gasteiger partial charge in [0.15, 0.2) is 5.69 Å². The molecular weight excluding hydrogens is 453 g/mol. The number of hydrogen-bond acceptors (Lipinski definition) is 5. The molecule has 178 valence electrons. The number of likely N-dealkylation sites (N-methyl/N-ethyl adjacent to an activating group) is 1. The fourth-order valence-electron chi connectivity index (χ4n) is 3.21. The molecule has 0 saturated carbocycles. The summed E-state index contributed by atoms with van der Waals surface area (Å²) in [5, 5.41) is 6.51. The minimum atomic E-state index is -4.67. The van der Waals surface area contributed by atoms with Crippen LogP contribution in [0.5, 0.6) is 5.75 Å². The molecule has 2 amide bonds. The van der Waals surface area contributed by atoms with E-state index in [0.717, 1.165) is 21.7 Å². The lowest BCUT2D eigenvalue weighted by molar-refractivity contribution is -0.137. The van der Waals surface area contributed by atoms with Crippen molar-refractivity contribution in [3.05, 3.63) is 81.8 Å². The van der Waals surface area contributed by atoms with Crippen LogP contribution in [0.4, 0.5) is 18.9 Å². The summed E-state index contributed by atoms with van der Waals surface area (Å²) >= 11 is 0. The number of para-hydroxylation sites is 1. The highest BCUT2D eigenvalue weighted by Crippen LogP contribution is 2.33. The van der Waals surface area contributed by atoms with E-state index in [0.29, 0.717) is 11.4 Å². The lowest BCUT2D eigenvalue weighted by Crippen LogP contribution is -2.38. The van der Waals surface area contributed by atoms with E-state index in [1.807, 2.05) is 0 Å². The molecule has 1 N–H and O–H groups in total. The van der Waals surface area contributed by atoms with Gasteiger partial charge >= 0.3 is 6.18 Å². The number of nitrogens with one attached hydrogen (secondary N) is 1. The van der Waals surface area contributed by atoms with Gasteiger partial charge in [-0.15, -0.1) is 0 Å². The SMILES string of the molecule is COc1cccc(NC(=O)CN(C)C(=O)c2nn(-c3ccccc3C(F)(F)F)c(C)cc2=O)c1. The maximum Gasteiger partial charge on any atom is 0.418 e. The zero-order valence-electron chi connectivity index (χ0n) is 18.5. The van der Waals surface area contributed by atoms with Crippen LogP contribution in [0, 0.1) is 6.92 Å². The molecule has 0 fully saturated rings. The molecule has 3 rings (SSSR count). The molecule has 11 heteroatoms. The van der Waals surface area contributed by atoms with Crippen LogP contribution in [0.3, 0.4) is 0 Å². The number of amides is 2. The van der Waals surface area contributed by atoms with Crippen molar-refractivity contribution in [1.29, 1.82) is 0 Å². The highest BCUT2D eigenvalue weighted by Gasteiger charge is 2.34. The number of carbonyl (C=O) groups is 2. The highest BCUT2D eigenvalue weighted by atomic mass is 19.4. The molecule has 0 aliphatic carbocycles. The third-order valence-corrected chi connectivity index (χ3v) is 4.83. The summed E-state index contributed by atoms with van der Waals surface area (Å²) in [6, 6.07) is 12.3. The van der Waals surface area contributed by atoms with Crippen molar-refractivity contribution >= 4 is 17.5 Å². The molecule has 0 saturated heterocycles. The fraction of sp³-hybridized carbons (Fsp3) is 0.217. The highest BCUT2D eigenvalue weighted by molar-refractivity contribution is 5.98. The van der Waals surface area contributed by atoms with Gasteiger partial charge in [0.05, 0.1) is 24.9 Å². The molecule has 1 aromatic heterocycles. The minimum absolute atomic E-state index is 0.108. The van der Waals surface area contributed by atoms with Gasteiger partial charge in [0, 0.05) is 30.6 Å². The van der Waals surface area contributed by atoms with Crippen molar-refractivity contribution in [2.45, 2.75) is 13.1 Å². The standard InChI is InChI=1S/C23H21F3N4O4/c1-14-11-19(31)21(28-30(14)18-10-5-4-9-17(18)23(24,25)26)22(33)29(2)13-20(32)27-15-7-6-8-16(12-15)34-3/h4-12H,13H2,1-3H3,(H,27,32). The quantitative estimate of drug-likeness (QED) is 0.592. The minimum Gasteiger partial charge on any atom is -0.497 e. The molecule has 0 aliphatic rings. The lowest BCUT2D eigenvalue weighted by atomic mass is 10.1. The van der Waals surface area contributed by atoms with Gasteiger partial charge in [0.1, 0.15) is 5.75 Å². The summed E-state index contributed by atoms with van der Waals surface area (Å²) in [6.45, 7) is 0.977. The molecule has 8 nitrogen and oxygen atoms in total. The van der Waals surface area contributed by atoms with Crippen molar-refractivity contribution in [2.24, 2.45) is 0 Å². The number of carbonyl (C=O) groups excluding carboxylic acids is 2. The van der Waals surface area contributed by atoms with E-state index in [-0.39, 0.29) is 11.4 Å². The number of aromatic nitrogens is 2. The van der Waals surface area contributed by atoms with Gasteiger partial charge in [0.2, 0.25) is 11.3 Å². The van der Waals surface area contributed by atoms with E-state index >= 15 is 0 Å². The van der Waals surface area contributed by atoms with Crippen LogP contribution in [-0.4, -0.2) is 47.2 Å². The Balaban J connectivity index is 1.87. The zero-order chi connectivity index (χ0) is 25.0. The third-order valence-electron chi connectivity index (χ3n) is 4.83. The largest absolute Gasteiger partial charge is 0.497 e. The maximum atomic E-state index is 13.5. The van der Waals surface area contributed by atoms with Crippen LogP contribution >= 0.6 is 0 Å². The fourth-order valence-corrected chi connectivity index (χ4v) is 3.21. The normalized spacial score (nSPS) is 11.1. The first-order chi connectivity index (χ1) is 16.0. The van der Waals surface area contributed by atoms with Gasteiger partial charge in [-0.05, 0) is 31.2 Å². The van der Waals surface area contributed by atoms with E-state index in [9.17, 15) is 27.6 Å². The predicted molar refractivity (Wildman–Crippen MR) is 118 cm³/mol. The first-order valence-corrected chi connectivity index (χ1v) is 9.98. The van der Waals surface area contributed by atoms with Gasteiger partial charge in [-0.2, -0.15) is 18.3 Å². The van der Waals surface area contributed by atoms with Gasteiger partial charge < -0.3 is 15.0 Å². The summed E-state index contributed by atoms with van der Waals surface area (Å²) < 4.78 is 46.4. The number of ether oxygens (including phenoxy) is 1. The average molecular weight is 474 g/mol. The topological polar surface area (TPSA) is 93.5 Å². The molecule has 0 unspecified atom stereocenters. The molecular formula is C23H21F3N4O4. The Kier molecular flexibility index (Phi) is 7.04. The van der Waals surface area contributed by atoms with E-state index in [4.69, 9.17) is 4.74 Å². The van der Waals surface area contributed by atoms with Crippen molar-refractivity contribution in [2.75, 3.05) is 26.0 Å². The number of benzene rings is 2. The molecule has 1 heterocycles. The number of aryl methyl sites for hydroxylation is 1. The van der Waals surface area contributed by atoms with Gasteiger partial charge in [-0.25, -0.2) is 4.68 Å². The number of alkyl halides is 3. The van der Waals surface area contributed by atoms with Crippen LogP contribution in [0.1, 0.15) is 21.7 Å². The molecule has 2 aromatic carbocycles. The van der Waals surface area contributed by atoms with Crippen molar-refractivity contribution in [3.8, 4) is 11.4 Å². The Bertz CT molecular complexity index is 1290. The molecule has 3 aromatic rings. The summed E-state index contributed by atoms with van der Waals surface area (Å²) in [4.78, 5) is 38.6. The van der Waals surface area contributed by atoms with Gasteiger partial charge in [0.25, 0.3) is 5.91 Å². The number of halogens is 3. The summed E-state index contributed by atoms with van der Waals surface area (Å²) in [5.74, 6) is -0.950. The second kappa shape index (κ2) is 9.77. The van der Waals surface area contributed by atoms with Crippen LogP contribution in [0.2, 0.25) is 0 Å². The molecule has 0 atom stereocenters. The number of anilines is 1. The summed E-state index contributed by atoms with van der Waals surface area (Å²) in [5.41, 5.74) is -2.15. The second-order valence-electron chi connectivity index (χ2n) is 7.37. The smallest absolute Gasteiger partial charge is 0.418 e. The summed E-state index contributed by atoms with van der Waals surface area (Å²) in [7, 11) is 2.75. The Morgan fingerprint density at radius 2 is 1.82 bits per heavy atom. The van der Waals surface area contributed by atoms with Crippen molar-refractivity contribution in [1.82, 2.24) is 14.7 Å². The number of hydrogen-bond donors (Lipinski definition) is 1. The first-order valence-electron chi connectivity index (χ1n) is 9.98. The van der Waals surface area contributed by atoms with Crippen molar-refractivity contribution in [3.63, 3.8) is 0 Å². The number of rotatable bonds is 6. The molecule has 0 spiro atoms. The predicted octanol–water partition coefficient (Wildman–Crippen LogP) is 3.28. The molecule has 0 bridgehead atoms. The average Bonchev–Trinajstić information content (AvgIpc) is 2.78.